The average Bonchev–Trinajstić information content (AvgIpc) is 1.55. The summed E-state index contributed by atoms with van der Waals surface area (Å²) in [4.78, 5) is 33.0. The second kappa shape index (κ2) is 24.3. The summed E-state index contributed by atoms with van der Waals surface area (Å²) in [5.74, 6) is 1.54. The van der Waals surface area contributed by atoms with Crippen LogP contribution in [0.1, 0.15) is 0 Å². The van der Waals surface area contributed by atoms with Crippen LogP contribution in [0, 0.1) is 0 Å². The van der Waals surface area contributed by atoms with Crippen molar-refractivity contribution in [3.8, 4) is 101 Å². The minimum Gasteiger partial charge on any atom is -0.279 e. The molecule has 0 fully saturated rings. The predicted molar refractivity (Wildman–Crippen MR) is 452 cm³/mol. The quantitative estimate of drug-likeness (QED) is 0.135. The molecule has 0 N–H and O–H groups in total. The summed E-state index contributed by atoms with van der Waals surface area (Å²) in [6.07, 6.45) is 0. The molecule has 0 saturated carbocycles. The molecule has 0 aliphatic heterocycles. The van der Waals surface area contributed by atoms with Gasteiger partial charge >= 0.3 is 0 Å². The number of fused-ring (bicyclic) bond motifs is 20. The fraction of sp³-hybridized carbons (Fsp3) is 0. The summed E-state index contributed by atoms with van der Waals surface area (Å²) in [6.45, 7) is 0. The van der Waals surface area contributed by atoms with Gasteiger partial charge in [0.05, 0.1) is 83.3 Å². The topological polar surface area (TPSA) is 96.0 Å². The first-order chi connectivity index (χ1) is 54.5. The van der Waals surface area contributed by atoms with Gasteiger partial charge in [0.25, 0.3) is 0 Å². The highest BCUT2D eigenvalue weighted by Crippen LogP contribution is 2.45. The van der Waals surface area contributed by atoms with Crippen LogP contribution >= 0.6 is 0 Å². The van der Waals surface area contributed by atoms with Gasteiger partial charge < -0.3 is 0 Å². The Labute approximate surface area is 629 Å². The lowest BCUT2D eigenvalue weighted by molar-refractivity contribution is 0.979. The molecular weight excluding hydrogens is 1340 g/mol. The number of benzene rings is 15. The van der Waals surface area contributed by atoms with E-state index in [1.807, 2.05) is 0 Å². The SMILES string of the molecule is c1ccc(-c2cc(-c3ccccc3)nc(-c3ccc4c(c3)c3c5ccccc5ccc3n4-c3nc4cccc(-c5cccc(-c6cc(-c7ccc(-c8ccc9c(c8)c8c%10ccccc%10ccc8n9-c8nc9ccccc9c9nc%10ccccc%10n89)cc7)cc(-c7ccccc7)n6)c5)c4c4nc5ccccc5n34)c2)cc1. The van der Waals surface area contributed by atoms with Crippen molar-refractivity contribution in [2.45, 2.75) is 0 Å². The summed E-state index contributed by atoms with van der Waals surface area (Å²) in [5, 5.41) is 11.2. The minimum absolute atomic E-state index is 0.743. The molecule has 0 saturated heterocycles. The van der Waals surface area contributed by atoms with Crippen molar-refractivity contribution in [1.82, 2.24) is 47.8 Å². The van der Waals surface area contributed by atoms with E-state index in [1.54, 1.807) is 0 Å². The zero-order chi connectivity index (χ0) is 72.1. The van der Waals surface area contributed by atoms with E-state index in [2.05, 4.69) is 382 Å². The Hall–Kier alpha value is -15.0. The van der Waals surface area contributed by atoms with E-state index in [0.29, 0.717) is 0 Å². The molecule has 8 heterocycles. The summed E-state index contributed by atoms with van der Waals surface area (Å²) in [7, 11) is 0. The zero-order valence-electron chi connectivity index (χ0n) is 59.1. The van der Waals surface area contributed by atoms with E-state index in [-0.39, 0.29) is 0 Å². The standard InChI is InChI=1S/C100H60N10/c1-4-22-61(23-5-1)72-57-84(66-26-6-2-7-27-66)102-87(59-72)71-49-51-89-79(56-71)95-75-33-13-11-25-65(75)47-53-93(95)108(89)100-106-83-39-21-35-76(96(83)98-104-82-38-17-19-41-91(82)110(98)100)69-30-20-31-70(54-69)86-60-73(58-85(101-86)67-28-8-3-9-29-67)63-44-42-62(43-45-63)68-48-50-88-78(55-68)94-74-32-12-10-24-64(74)46-52-92(94)107(88)99-105-80-36-15-14-34-77(80)97-103-81-37-16-18-40-90(81)109(97)99/h1-60H. The summed E-state index contributed by atoms with van der Waals surface area (Å²) in [6, 6.07) is 130. The van der Waals surface area contributed by atoms with Crippen molar-refractivity contribution in [3.63, 3.8) is 0 Å². The third kappa shape index (κ3) is 9.62. The summed E-state index contributed by atoms with van der Waals surface area (Å²) < 4.78 is 9.19. The first-order valence-corrected chi connectivity index (χ1v) is 37.2. The molecule has 110 heavy (non-hydrogen) atoms. The molecule has 0 atom stereocenters. The Morgan fingerprint density at radius 2 is 0.573 bits per heavy atom. The van der Waals surface area contributed by atoms with Gasteiger partial charge in [-0.2, -0.15) is 0 Å². The van der Waals surface area contributed by atoms with Gasteiger partial charge in [-0.15, -0.1) is 0 Å². The van der Waals surface area contributed by atoms with E-state index in [0.717, 1.165) is 206 Å². The number of aromatic nitrogens is 10. The molecule has 0 amide bonds. The zero-order valence-corrected chi connectivity index (χ0v) is 59.1. The molecular formula is C100H60N10. The van der Waals surface area contributed by atoms with Crippen molar-refractivity contribution in [3.05, 3.63) is 364 Å². The molecule has 15 aromatic carbocycles. The monoisotopic (exact) mass is 1400 g/mol. The normalized spacial score (nSPS) is 12.0. The average molecular weight is 1400 g/mol. The highest BCUT2D eigenvalue weighted by molar-refractivity contribution is 6.24. The van der Waals surface area contributed by atoms with Gasteiger partial charge in [-0.1, -0.05) is 255 Å². The second-order valence-corrected chi connectivity index (χ2v) is 28.6. The Morgan fingerprint density at radius 3 is 1.16 bits per heavy atom. The van der Waals surface area contributed by atoms with E-state index >= 15 is 0 Å². The van der Waals surface area contributed by atoms with Gasteiger partial charge in [0, 0.05) is 49.2 Å². The molecule has 0 bridgehead atoms. The second-order valence-electron chi connectivity index (χ2n) is 28.6. The van der Waals surface area contributed by atoms with Crippen LogP contribution in [-0.4, -0.2) is 47.8 Å². The van der Waals surface area contributed by atoms with E-state index < -0.39 is 0 Å². The Morgan fingerprint density at radius 1 is 0.182 bits per heavy atom. The lowest BCUT2D eigenvalue weighted by Gasteiger charge is -2.15. The number of pyridine rings is 2. The lowest BCUT2D eigenvalue weighted by Crippen LogP contribution is -2.07. The first kappa shape index (κ1) is 61.3. The molecule has 0 radical (unpaired) electrons. The highest BCUT2D eigenvalue weighted by atomic mass is 15.2. The van der Waals surface area contributed by atoms with Gasteiger partial charge in [0.2, 0.25) is 11.9 Å². The largest absolute Gasteiger partial charge is 0.279 e. The Kier molecular flexibility index (Phi) is 13.5. The van der Waals surface area contributed by atoms with Crippen molar-refractivity contribution in [2.24, 2.45) is 0 Å². The van der Waals surface area contributed by atoms with Crippen LogP contribution < -0.4 is 0 Å². The van der Waals surface area contributed by atoms with E-state index in [9.17, 15) is 0 Å². The van der Waals surface area contributed by atoms with Gasteiger partial charge in [-0.25, -0.2) is 29.9 Å². The van der Waals surface area contributed by atoms with Crippen LogP contribution in [0.25, 0.3) is 222 Å². The van der Waals surface area contributed by atoms with Crippen molar-refractivity contribution in [2.75, 3.05) is 0 Å². The van der Waals surface area contributed by atoms with Crippen LogP contribution in [0.3, 0.4) is 0 Å². The molecule has 10 nitrogen and oxygen atoms in total. The number of hydrogen-bond donors (Lipinski definition) is 0. The summed E-state index contributed by atoms with van der Waals surface area (Å²) in [5.41, 5.74) is 27.7. The van der Waals surface area contributed by atoms with Crippen LogP contribution in [0.15, 0.2) is 364 Å². The maximum Gasteiger partial charge on any atom is 0.221 e. The molecule has 510 valence electrons. The molecule has 0 spiro atoms. The van der Waals surface area contributed by atoms with Crippen LogP contribution in [0.5, 0.6) is 0 Å². The Bertz CT molecular complexity index is 7710. The van der Waals surface area contributed by atoms with E-state index in [1.165, 1.54) is 16.2 Å². The Balaban J connectivity index is 0.648. The van der Waals surface area contributed by atoms with Gasteiger partial charge in [-0.05, 0) is 175 Å². The van der Waals surface area contributed by atoms with Crippen LogP contribution in [-0.2, 0) is 0 Å². The maximum absolute atomic E-state index is 5.83. The molecule has 0 unspecified atom stereocenters. The first-order valence-electron chi connectivity index (χ1n) is 37.2. The number of imidazole rings is 2. The number of nitrogens with zero attached hydrogens (tertiary/aromatic N) is 10. The molecule has 0 aliphatic rings. The van der Waals surface area contributed by atoms with E-state index in [4.69, 9.17) is 29.9 Å². The van der Waals surface area contributed by atoms with Gasteiger partial charge in [0.1, 0.15) is 5.65 Å². The third-order valence-corrected chi connectivity index (χ3v) is 22.3. The molecule has 23 aromatic rings. The maximum atomic E-state index is 5.83. The van der Waals surface area contributed by atoms with Gasteiger partial charge in [0.15, 0.2) is 5.65 Å². The van der Waals surface area contributed by atoms with Crippen LogP contribution in [0.2, 0.25) is 0 Å². The fourth-order valence-electron chi connectivity index (χ4n) is 17.2. The highest BCUT2D eigenvalue weighted by Gasteiger charge is 2.26. The molecule has 23 rings (SSSR count). The van der Waals surface area contributed by atoms with Crippen LogP contribution in [0.4, 0.5) is 0 Å². The smallest absolute Gasteiger partial charge is 0.221 e. The van der Waals surface area contributed by atoms with Gasteiger partial charge in [-0.3, -0.25) is 17.9 Å². The fourth-order valence-corrected chi connectivity index (χ4v) is 17.2. The molecule has 0 aliphatic carbocycles. The van der Waals surface area contributed by atoms with Crippen molar-refractivity contribution in [1.29, 1.82) is 0 Å². The third-order valence-electron chi connectivity index (χ3n) is 22.3. The minimum atomic E-state index is 0.743. The number of rotatable bonds is 10. The summed E-state index contributed by atoms with van der Waals surface area (Å²) >= 11 is 0. The lowest BCUT2D eigenvalue weighted by atomic mass is 9.95. The van der Waals surface area contributed by atoms with Crippen molar-refractivity contribution >= 4 is 120 Å². The predicted octanol–water partition coefficient (Wildman–Crippen LogP) is 25.0. The van der Waals surface area contributed by atoms with Crippen molar-refractivity contribution < 1.29 is 0 Å². The number of hydrogen-bond acceptors (Lipinski definition) is 6. The molecule has 8 aromatic heterocycles. The molecule has 10 heteroatoms. The number of para-hydroxylation sites is 5.